The number of carbonyl (C=O) groups is 1. The Morgan fingerprint density at radius 1 is 1.55 bits per heavy atom. The number of rotatable bonds is 4. The van der Waals surface area contributed by atoms with Gasteiger partial charge in [0, 0.05) is 34.2 Å². The van der Waals surface area contributed by atoms with Gasteiger partial charge in [0.1, 0.15) is 0 Å². The summed E-state index contributed by atoms with van der Waals surface area (Å²) in [4.78, 5) is 12.7. The van der Waals surface area contributed by atoms with Gasteiger partial charge in [-0.3, -0.25) is 4.79 Å². The van der Waals surface area contributed by atoms with Gasteiger partial charge >= 0.3 is 0 Å². The maximum atomic E-state index is 11.1. The molecule has 11 heavy (non-hydrogen) atoms. The summed E-state index contributed by atoms with van der Waals surface area (Å²) < 4.78 is 4.91. The average Bonchev–Trinajstić information content (AvgIpc) is 1.87. The highest BCUT2D eigenvalue weighted by molar-refractivity contribution is 5.75. The predicted octanol–water partition coefficient (Wildman–Crippen LogP) is 0.747. The van der Waals surface area contributed by atoms with Gasteiger partial charge in [-0.05, 0) is 5.92 Å². The molecule has 0 N–H and O–H groups in total. The van der Waals surface area contributed by atoms with Crippen molar-refractivity contribution < 1.29 is 9.53 Å². The number of nitrogens with zero attached hydrogens (tertiary/aromatic N) is 1. The molecule has 0 saturated carbocycles. The average molecular weight is 159 g/mol. The van der Waals surface area contributed by atoms with E-state index in [1.807, 2.05) is 6.92 Å². The highest BCUT2D eigenvalue weighted by Crippen LogP contribution is 2.03. The van der Waals surface area contributed by atoms with Gasteiger partial charge < -0.3 is 9.64 Å². The fourth-order valence-corrected chi connectivity index (χ4v) is 0.824. The van der Waals surface area contributed by atoms with E-state index in [0.717, 1.165) is 0 Å². The molecule has 0 aliphatic rings. The van der Waals surface area contributed by atoms with Crippen molar-refractivity contribution in [2.24, 2.45) is 5.92 Å². The standard InChI is InChI=1S/C8H17NO2/c1-7(6-11-4)5-8(10)9(2)3/h7H,5-6H2,1-4H3. The van der Waals surface area contributed by atoms with Crippen molar-refractivity contribution in [1.82, 2.24) is 4.90 Å². The van der Waals surface area contributed by atoms with Crippen LogP contribution in [0.4, 0.5) is 0 Å². The van der Waals surface area contributed by atoms with Crippen LogP contribution in [0.5, 0.6) is 0 Å². The molecule has 0 saturated heterocycles. The van der Waals surface area contributed by atoms with E-state index < -0.39 is 0 Å². The van der Waals surface area contributed by atoms with Crippen LogP contribution < -0.4 is 0 Å². The number of methoxy groups -OCH3 is 1. The molecular weight excluding hydrogens is 142 g/mol. The Labute approximate surface area is 68.3 Å². The summed E-state index contributed by atoms with van der Waals surface area (Å²) in [7, 11) is 5.18. The smallest absolute Gasteiger partial charge is 0.222 e. The summed E-state index contributed by atoms with van der Waals surface area (Å²) in [6.45, 7) is 2.66. The van der Waals surface area contributed by atoms with Crippen molar-refractivity contribution in [2.75, 3.05) is 27.8 Å². The molecule has 0 fully saturated rings. The first kappa shape index (κ1) is 10.4. The monoisotopic (exact) mass is 159 g/mol. The maximum absolute atomic E-state index is 11.1. The van der Waals surface area contributed by atoms with Gasteiger partial charge in [0.25, 0.3) is 0 Å². The van der Waals surface area contributed by atoms with Crippen LogP contribution in [0.3, 0.4) is 0 Å². The van der Waals surface area contributed by atoms with Crippen LogP contribution in [0.1, 0.15) is 13.3 Å². The third-order valence-electron chi connectivity index (χ3n) is 1.47. The molecule has 0 spiro atoms. The molecule has 1 atom stereocenters. The summed E-state index contributed by atoms with van der Waals surface area (Å²) in [6.07, 6.45) is 0.570. The van der Waals surface area contributed by atoms with Gasteiger partial charge in [0.2, 0.25) is 5.91 Å². The van der Waals surface area contributed by atoms with Crippen molar-refractivity contribution in [1.29, 1.82) is 0 Å². The first-order chi connectivity index (χ1) is 5.07. The molecule has 0 aromatic carbocycles. The molecule has 1 amide bonds. The Morgan fingerprint density at radius 3 is 2.45 bits per heavy atom. The lowest BCUT2D eigenvalue weighted by molar-refractivity contribution is -0.129. The molecule has 0 aromatic rings. The van der Waals surface area contributed by atoms with Crippen LogP contribution in [0, 0.1) is 5.92 Å². The van der Waals surface area contributed by atoms with Crippen LogP contribution >= 0.6 is 0 Å². The van der Waals surface area contributed by atoms with E-state index in [-0.39, 0.29) is 5.91 Å². The van der Waals surface area contributed by atoms with Gasteiger partial charge in [-0.15, -0.1) is 0 Å². The zero-order valence-corrected chi connectivity index (χ0v) is 7.76. The Balaban J connectivity index is 3.57. The maximum Gasteiger partial charge on any atom is 0.222 e. The minimum Gasteiger partial charge on any atom is -0.384 e. The number of hydrogen-bond acceptors (Lipinski definition) is 2. The largest absolute Gasteiger partial charge is 0.384 e. The number of ether oxygens (including phenoxy) is 1. The normalized spacial score (nSPS) is 12.7. The van der Waals surface area contributed by atoms with Crippen molar-refractivity contribution in [3.8, 4) is 0 Å². The minimum absolute atomic E-state index is 0.162. The summed E-state index contributed by atoms with van der Waals surface area (Å²) >= 11 is 0. The summed E-state index contributed by atoms with van der Waals surface area (Å²) in [5.74, 6) is 0.476. The summed E-state index contributed by atoms with van der Waals surface area (Å²) in [5, 5.41) is 0. The first-order valence-electron chi connectivity index (χ1n) is 3.77. The molecule has 3 nitrogen and oxygen atoms in total. The van der Waals surface area contributed by atoms with Crippen LogP contribution in [-0.2, 0) is 9.53 Å². The minimum atomic E-state index is 0.162. The van der Waals surface area contributed by atoms with Gasteiger partial charge in [0.05, 0.1) is 0 Å². The highest BCUT2D eigenvalue weighted by Gasteiger charge is 2.09. The fourth-order valence-electron chi connectivity index (χ4n) is 0.824. The Bertz CT molecular complexity index is 123. The van der Waals surface area contributed by atoms with E-state index in [1.165, 1.54) is 0 Å². The third kappa shape index (κ3) is 4.79. The number of carbonyl (C=O) groups excluding carboxylic acids is 1. The molecule has 0 bridgehead atoms. The van der Waals surface area contributed by atoms with E-state index in [9.17, 15) is 4.79 Å². The Kier molecular flexibility index (Phi) is 4.86. The van der Waals surface area contributed by atoms with E-state index in [1.54, 1.807) is 26.1 Å². The lowest BCUT2D eigenvalue weighted by Gasteiger charge is -2.13. The lowest BCUT2D eigenvalue weighted by Crippen LogP contribution is -2.24. The van der Waals surface area contributed by atoms with Crippen molar-refractivity contribution in [3.05, 3.63) is 0 Å². The zero-order valence-electron chi connectivity index (χ0n) is 7.76. The molecule has 0 rings (SSSR count). The first-order valence-corrected chi connectivity index (χ1v) is 3.77. The summed E-state index contributed by atoms with van der Waals surface area (Å²) in [6, 6.07) is 0. The topological polar surface area (TPSA) is 29.5 Å². The third-order valence-corrected chi connectivity index (χ3v) is 1.47. The highest BCUT2D eigenvalue weighted by atomic mass is 16.5. The van der Waals surface area contributed by atoms with Crippen LogP contribution in [-0.4, -0.2) is 38.6 Å². The van der Waals surface area contributed by atoms with Crippen molar-refractivity contribution in [3.63, 3.8) is 0 Å². The van der Waals surface area contributed by atoms with Gasteiger partial charge in [0.15, 0.2) is 0 Å². The van der Waals surface area contributed by atoms with E-state index in [0.29, 0.717) is 18.9 Å². The van der Waals surface area contributed by atoms with Crippen molar-refractivity contribution in [2.45, 2.75) is 13.3 Å². The molecule has 0 aromatic heterocycles. The molecule has 0 aliphatic carbocycles. The van der Waals surface area contributed by atoms with Gasteiger partial charge in [-0.25, -0.2) is 0 Å². The number of amides is 1. The molecular formula is C8H17NO2. The molecule has 1 unspecified atom stereocenters. The SMILES string of the molecule is COCC(C)CC(=O)N(C)C. The second-order valence-electron chi connectivity index (χ2n) is 3.05. The number of hydrogen-bond donors (Lipinski definition) is 0. The van der Waals surface area contributed by atoms with E-state index in [4.69, 9.17) is 4.74 Å². The van der Waals surface area contributed by atoms with Gasteiger partial charge in [-0.1, -0.05) is 6.92 Å². The van der Waals surface area contributed by atoms with Crippen LogP contribution in [0.2, 0.25) is 0 Å². The molecule has 66 valence electrons. The van der Waals surface area contributed by atoms with Gasteiger partial charge in [-0.2, -0.15) is 0 Å². The Hall–Kier alpha value is -0.570. The second kappa shape index (κ2) is 5.13. The fraction of sp³-hybridized carbons (Fsp3) is 0.875. The molecule has 0 heterocycles. The van der Waals surface area contributed by atoms with Crippen LogP contribution in [0.15, 0.2) is 0 Å². The predicted molar refractivity (Wildman–Crippen MR) is 44.4 cm³/mol. The van der Waals surface area contributed by atoms with E-state index >= 15 is 0 Å². The van der Waals surface area contributed by atoms with E-state index in [2.05, 4.69) is 0 Å². The molecule has 0 radical (unpaired) electrons. The molecule has 3 heteroatoms. The second-order valence-corrected chi connectivity index (χ2v) is 3.05. The zero-order chi connectivity index (χ0) is 8.85. The summed E-state index contributed by atoms with van der Waals surface area (Å²) in [5.41, 5.74) is 0. The quantitative estimate of drug-likeness (QED) is 0.605. The Morgan fingerprint density at radius 2 is 2.09 bits per heavy atom. The van der Waals surface area contributed by atoms with Crippen molar-refractivity contribution >= 4 is 5.91 Å². The molecule has 0 aliphatic heterocycles. The van der Waals surface area contributed by atoms with Crippen LogP contribution in [0.25, 0.3) is 0 Å². The lowest BCUT2D eigenvalue weighted by atomic mass is 10.1.